The van der Waals surface area contributed by atoms with Gasteiger partial charge in [-0.25, -0.2) is 0 Å². The van der Waals surface area contributed by atoms with Crippen LogP contribution in [0.15, 0.2) is 39.5 Å². The van der Waals surface area contributed by atoms with Crippen LogP contribution in [0.25, 0.3) is 0 Å². The first-order valence-corrected chi connectivity index (χ1v) is 11.0. The number of amides is 1. The molecule has 0 spiro atoms. The summed E-state index contributed by atoms with van der Waals surface area (Å²) < 4.78 is 1.01. The number of rotatable bonds is 4. The Morgan fingerprint density at radius 3 is 2.68 bits per heavy atom. The van der Waals surface area contributed by atoms with Gasteiger partial charge in [-0.3, -0.25) is 9.79 Å². The van der Waals surface area contributed by atoms with Crippen molar-refractivity contribution >= 4 is 56.4 Å². The Hall–Kier alpha value is -1.25. The van der Waals surface area contributed by atoms with Crippen molar-refractivity contribution in [3.05, 3.63) is 35.4 Å². The third-order valence-electron chi connectivity index (χ3n) is 3.69. The third kappa shape index (κ3) is 5.12. The molecule has 132 valence electrons. The fraction of sp³-hybridized carbons (Fsp3) is 0.412. The number of hydrogen-bond acceptors (Lipinski definition) is 7. The smallest absolute Gasteiger partial charge is 0.239 e. The Morgan fingerprint density at radius 1 is 1.28 bits per heavy atom. The second-order valence-corrected chi connectivity index (χ2v) is 9.10. The molecule has 0 saturated carbocycles. The summed E-state index contributed by atoms with van der Waals surface area (Å²) in [5.74, 6) is 1.69. The van der Waals surface area contributed by atoms with Crippen LogP contribution in [0.5, 0.6) is 0 Å². The molecule has 1 amide bonds. The average Bonchev–Trinajstić information content (AvgIpc) is 3.14. The van der Waals surface area contributed by atoms with Crippen molar-refractivity contribution in [2.45, 2.75) is 25.5 Å². The van der Waals surface area contributed by atoms with Gasteiger partial charge in [-0.1, -0.05) is 72.0 Å². The molecule has 1 N–H and O–H groups in total. The molecule has 0 saturated heterocycles. The number of thioether (sulfide) groups is 3. The van der Waals surface area contributed by atoms with E-state index in [1.54, 1.807) is 23.5 Å². The second-order valence-electron chi connectivity index (χ2n) is 5.61. The highest BCUT2D eigenvalue weighted by Crippen LogP contribution is 2.27. The lowest BCUT2D eigenvalue weighted by Crippen LogP contribution is -2.37. The Bertz CT molecular complexity index is 728. The fourth-order valence-corrected chi connectivity index (χ4v) is 5.19. The van der Waals surface area contributed by atoms with Gasteiger partial charge >= 0.3 is 0 Å². The highest BCUT2D eigenvalue weighted by atomic mass is 32.2. The van der Waals surface area contributed by atoms with Crippen molar-refractivity contribution in [2.75, 3.05) is 18.1 Å². The maximum absolute atomic E-state index is 12.5. The van der Waals surface area contributed by atoms with Gasteiger partial charge in [0.15, 0.2) is 5.17 Å². The summed E-state index contributed by atoms with van der Waals surface area (Å²) >= 11 is 4.78. The number of hydrogen-bond donors (Lipinski definition) is 1. The summed E-state index contributed by atoms with van der Waals surface area (Å²) in [7, 11) is 0. The largest absolute Gasteiger partial charge is 0.303 e. The number of carbonyl (C=O) groups excluding carboxylic acids is 1. The number of aliphatic imine (C=N–C) groups is 1. The van der Waals surface area contributed by atoms with E-state index in [-0.39, 0.29) is 11.2 Å². The van der Waals surface area contributed by atoms with E-state index >= 15 is 0 Å². The van der Waals surface area contributed by atoms with Crippen LogP contribution in [0, 0.1) is 6.92 Å². The average molecular weight is 393 g/mol. The number of benzene rings is 1. The lowest BCUT2D eigenvalue weighted by atomic mass is 10.1. The minimum Gasteiger partial charge on any atom is -0.303 e. The van der Waals surface area contributed by atoms with Gasteiger partial charge in [-0.15, -0.1) is 5.10 Å². The fourth-order valence-electron chi connectivity index (χ4n) is 2.26. The van der Waals surface area contributed by atoms with Gasteiger partial charge in [-0.2, -0.15) is 5.10 Å². The molecule has 8 heteroatoms. The quantitative estimate of drug-likeness (QED) is 0.851. The molecule has 3 rings (SSSR count). The van der Waals surface area contributed by atoms with Gasteiger partial charge in [0.05, 0.1) is 17.5 Å². The van der Waals surface area contributed by atoms with Crippen LogP contribution in [0.4, 0.5) is 0 Å². The van der Waals surface area contributed by atoms with E-state index in [1.807, 2.05) is 6.92 Å². The van der Waals surface area contributed by atoms with Gasteiger partial charge in [0.2, 0.25) is 5.91 Å². The van der Waals surface area contributed by atoms with Crippen LogP contribution in [0.1, 0.15) is 24.5 Å². The molecular weight excluding hydrogens is 372 g/mol. The molecule has 2 aliphatic heterocycles. The highest BCUT2D eigenvalue weighted by molar-refractivity contribution is 8.39. The van der Waals surface area contributed by atoms with Crippen LogP contribution in [-0.2, 0) is 4.79 Å². The first-order valence-electron chi connectivity index (χ1n) is 8.15. The monoisotopic (exact) mass is 392 g/mol. The van der Waals surface area contributed by atoms with E-state index in [0.29, 0.717) is 10.9 Å². The molecule has 0 aromatic heterocycles. The zero-order chi connectivity index (χ0) is 17.6. The highest BCUT2D eigenvalue weighted by Gasteiger charge is 2.23. The first-order chi connectivity index (χ1) is 12.2. The Kier molecular flexibility index (Phi) is 6.61. The first kappa shape index (κ1) is 18.5. The summed E-state index contributed by atoms with van der Waals surface area (Å²) in [4.78, 5) is 16.9. The van der Waals surface area contributed by atoms with E-state index in [1.165, 1.54) is 17.3 Å². The second kappa shape index (κ2) is 8.91. The van der Waals surface area contributed by atoms with Gasteiger partial charge in [0, 0.05) is 11.5 Å². The Balaban J connectivity index is 1.60. The molecule has 2 heterocycles. The summed E-state index contributed by atoms with van der Waals surface area (Å²) in [6.07, 6.45) is 0.756. The van der Waals surface area contributed by atoms with E-state index in [9.17, 15) is 4.79 Å². The number of nitrogens with one attached hydrogen (secondary N) is 1. The molecule has 1 unspecified atom stereocenters. The zero-order valence-electron chi connectivity index (χ0n) is 14.2. The summed E-state index contributed by atoms with van der Waals surface area (Å²) in [5.41, 5.74) is 3.23. The molecule has 2 aliphatic rings. The zero-order valence-corrected chi connectivity index (χ0v) is 16.6. The lowest BCUT2D eigenvalue weighted by molar-refractivity contribution is -0.119. The van der Waals surface area contributed by atoms with Crippen LogP contribution in [0.3, 0.4) is 0 Å². The van der Waals surface area contributed by atoms with Crippen molar-refractivity contribution in [1.82, 2.24) is 5.32 Å². The Morgan fingerprint density at radius 2 is 2.08 bits per heavy atom. The van der Waals surface area contributed by atoms with Crippen molar-refractivity contribution in [2.24, 2.45) is 15.2 Å². The SMILES string of the molecule is CCC(SC1=NCCS1)C(=O)NC1=NN=C(c2ccc(C)cc2)CS1. The molecular formula is C17H20N4OS3. The number of aryl methyl sites for hydroxylation is 1. The van der Waals surface area contributed by atoms with E-state index in [2.05, 4.69) is 51.7 Å². The van der Waals surface area contributed by atoms with Crippen LogP contribution < -0.4 is 5.32 Å². The van der Waals surface area contributed by atoms with E-state index < -0.39 is 0 Å². The topological polar surface area (TPSA) is 66.2 Å². The predicted molar refractivity (Wildman–Crippen MR) is 112 cm³/mol. The molecule has 0 radical (unpaired) electrons. The van der Waals surface area contributed by atoms with Crippen molar-refractivity contribution < 1.29 is 4.79 Å². The minimum atomic E-state index is -0.143. The maximum Gasteiger partial charge on any atom is 0.239 e. The Labute approximate surface area is 160 Å². The van der Waals surface area contributed by atoms with E-state index in [4.69, 9.17) is 0 Å². The lowest BCUT2D eigenvalue weighted by Gasteiger charge is -2.16. The molecule has 1 aromatic rings. The van der Waals surface area contributed by atoms with Crippen LogP contribution in [-0.4, -0.2) is 44.5 Å². The maximum atomic E-state index is 12.5. The normalized spacial score (nSPS) is 18.2. The molecule has 0 aliphatic carbocycles. The molecule has 0 fully saturated rings. The van der Waals surface area contributed by atoms with Crippen LogP contribution in [0.2, 0.25) is 0 Å². The number of amidine groups is 1. The molecule has 25 heavy (non-hydrogen) atoms. The predicted octanol–water partition coefficient (Wildman–Crippen LogP) is 3.53. The summed E-state index contributed by atoms with van der Waals surface area (Å²) in [6, 6.07) is 8.24. The molecule has 1 atom stereocenters. The van der Waals surface area contributed by atoms with Gasteiger partial charge < -0.3 is 5.32 Å². The van der Waals surface area contributed by atoms with Gasteiger partial charge in [0.25, 0.3) is 0 Å². The van der Waals surface area contributed by atoms with Crippen molar-refractivity contribution in [3.8, 4) is 0 Å². The standard InChI is InChI=1S/C17H20N4OS3/c1-3-14(25-17-18-8-9-23-17)15(22)19-16-21-20-13(10-24-16)12-6-4-11(2)5-7-12/h4-7,14H,3,8-10H2,1-2H3,(H,19,21,22). The third-order valence-corrected chi connectivity index (χ3v) is 7.13. The molecule has 1 aromatic carbocycles. The van der Waals surface area contributed by atoms with Crippen molar-refractivity contribution in [3.63, 3.8) is 0 Å². The van der Waals surface area contributed by atoms with Crippen molar-refractivity contribution in [1.29, 1.82) is 0 Å². The van der Waals surface area contributed by atoms with Gasteiger partial charge in [0.1, 0.15) is 4.38 Å². The minimum absolute atomic E-state index is 0.0251. The molecule has 0 bridgehead atoms. The number of nitrogens with zero attached hydrogens (tertiary/aromatic N) is 3. The van der Waals surface area contributed by atoms with Crippen LogP contribution >= 0.6 is 35.3 Å². The van der Waals surface area contributed by atoms with E-state index in [0.717, 1.165) is 34.4 Å². The van der Waals surface area contributed by atoms with Gasteiger partial charge in [-0.05, 0) is 18.9 Å². The molecule has 5 nitrogen and oxygen atoms in total. The summed E-state index contributed by atoms with van der Waals surface area (Å²) in [5, 5.41) is 11.8. The summed E-state index contributed by atoms with van der Waals surface area (Å²) in [6.45, 7) is 4.93. The number of carbonyl (C=O) groups is 1.